The molecule has 2 aromatic carbocycles. The SMILES string of the molecule is CC(C)(C)OC(=O)N1CC(F)(c2ccc(C(=O)CC(O)(c3cc(Cl)c(F)c(Cl)c3)C(F)(F)F)cc2)C1. The van der Waals surface area contributed by atoms with Crippen LogP contribution < -0.4 is 0 Å². The second-order valence-electron chi connectivity index (χ2n) is 9.59. The second-order valence-corrected chi connectivity index (χ2v) is 10.4. The smallest absolute Gasteiger partial charge is 0.421 e. The van der Waals surface area contributed by atoms with Crippen LogP contribution in [0, 0.1) is 5.82 Å². The predicted octanol–water partition coefficient (Wildman–Crippen LogP) is 6.57. The molecule has 0 aliphatic carbocycles. The lowest BCUT2D eigenvalue weighted by Crippen LogP contribution is -2.59. The first kappa shape index (κ1) is 28.1. The lowest BCUT2D eigenvalue weighted by molar-refractivity contribution is -0.264. The predicted molar refractivity (Wildman–Crippen MR) is 122 cm³/mol. The molecule has 12 heteroatoms. The Labute approximate surface area is 213 Å². The van der Waals surface area contributed by atoms with Gasteiger partial charge >= 0.3 is 12.3 Å². The van der Waals surface area contributed by atoms with E-state index in [1.807, 2.05) is 0 Å². The Morgan fingerprint density at radius 3 is 2.00 bits per heavy atom. The zero-order chi connectivity index (χ0) is 27.3. The first-order valence-electron chi connectivity index (χ1n) is 10.6. The van der Waals surface area contributed by atoms with Gasteiger partial charge in [-0.15, -0.1) is 0 Å². The highest BCUT2D eigenvalue weighted by atomic mass is 35.5. The van der Waals surface area contributed by atoms with Gasteiger partial charge in [0.1, 0.15) is 5.60 Å². The van der Waals surface area contributed by atoms with E-state index < -0.39 is 62.8 Å². The summed E-state index contributed by atoms with van der Waals surface area (Å²) in [7, 11) is 0. The van der Waals surface area contributed by atoms with Crippen LogP contribution in [0.15, 0.2) is 36.4 Å². The van der Waals surface area contributed by atoms with E-state index in [9.17, 15) is 32.3 Å². The number of amides is 1. The Hall–Kier alpha value is -2.43. The van der Waals surface area contributed by atoms with Gasteiger partial charge in [0, 0.05) is 5.56 Å². The third kappa shape index (κ3) is 5.60. The third-order valence-corrected chi connectivity index (χ3v) is 6.16. The van der Waals surface area contributed by atoms with Crippen molar-refractivity contribution in [3.8, 4) is 0 Å². The molecule has 1 fully saturated rings. The van der Waals surface area contributed by atoms with Gasteiger partial charge < -0.3 is 14.7 Å². The highest BCUT2D eigenvalue weighted by Crippen LogP contribution is 2.44. The molecule has 0 saturated carbocycles. The minimum Gasteiger partial charge on any atom is -0.444 e. The van der Waals surface area contributed by atoms with Gasteiger partial charge in [0.15, 0.2) is 22.9 Å². The second kappa shape index (κ2) is 9.46. The summed E-state index contributed by atoms with van der Waals surface area (Å²) in [5.41, 5.74) is -7.42. The fourth-order valence-electron chi connectivity index (χ4n) is 3.65. The number of halogens is 7. The quantitative estimate of drug-likeness (QED) is 0.258. The standard InChI is InChI=1S/C24H22Cl2F5NO4/c1-21(2,3)36-20(34)32-11-22(28,12-32)14-6-4-13(5-7-14)18(33)10-23(35,24(29,30)31)15-8-16(25)19(27)17(26)9-15/h4-9,35H,10-12H2,1-3H3. The van der Waals surface area contributed by atoms with E-state index in [0.29, 0.717) is 12.1 Å². The molecule has 1 N–H and O–H groups in total. The highest BCUT2D eigenvalue weighted by Gasteiger charge is 2.56. The zero-order valence-electron chi connectivity index (χ0n) is 19.4. The molecule has 36 heavy (non-hydrogen) atoms. The van der Waals surface area contributed by atoms with Gasteiger partial charge in [-0.25, -0.2) is 13.6 Å². The number of nitrogens with zero attached hydrogens (tertiary/aromatic N) is 1. The van der Waals surface area contributed by atoms with Gasteiger partial charge in [-0.1, -0.05) is 47.5 Å². The van der Waals surface area contributed by atoms with Crippen molar-refractivity contribution in [1.82, 2.24) is 4.90 Å². The monoisotopic (exact) mass is 553 g/mol. The van der Waals surface area contributed by atoms with Gasteiger partial charge in [-0.2, -0.15) is 13.2 Å². The van der Waals surface area contributed by atoms with Crippen molar-refractivity contribution >= 4 is 35.1 Å². The Bertz CT molecular complexity index is 1150. The summed E-state index contributed by atoms with van der Waals surface area (Å²) in [5, 5.41) is 8.97. The first-order chi connectivity index (χ1) is 16.4. The van der Waals surface area contributed by atoms with Crippen molar-refractivity contribution < 1.29 is 41.4 Å². The van der Waals surface area contributed by atoms with Crippen LogP contribution in [-0.2, 0) is 16.0 Å². The Balaban J connectivity index is 1.77. The Kier molecular flexibility index (Phi) is 7.40. The van der Waals surface area contributed by atoms with Gasteiger partial charge in [0.25, 0.3) is 0 Å². The molecule has 3 rings (SSSR count). The van der Waals surface area contributed by atoms with E-state index in [4.69, 9.17) is 27.9 Å². The molecule has 1 amide bonds. The van der Waals surface area contributed by atoms with Crippen LogP contribution >= 0.6 is 23.2 Å². The van der Waals surface area contributed by atoms with Crippen molar-refractivity contribution in [2.75, 3.05) is 13.1 Å². The first-order valence-corrected chi connectivity index (χ1v) is 11.4. The molecule has 196 valence electrons. The molecule has 0 radical (unpaired) electrons. The number of likely N-dealkylation sites (tertiary alicyclic amines) is 1. The van der Waals surface area contributed by atoms with E-state index in [2.05, 4.69) is 0 Å². The number of hydrogen-bond acceptors (Lipinski definition) is 4. The summed E-state index contributed by atoms with van der Waals surface area (Å²) in [6.07, 6.45) is -7.48. The van der Waals surface area contributed by atoms with Gasteiger partial charge in [-0.3, -0.25) is 4.79 Å². The fraction of sp³-hybridized carbons (Fsp3) is 0.417. The van der Waals surface area contributed by atoms with Crippen LogP contribution in [0.3, 0.4) is 0 Å². The lowest BCUT2D eigenvalue weighted by atomic mass is 9.84. The highest BCUT2D eigenvalue weighted by molar-refractivity contribution is 6.35. The van der Waals surface area contributed by atoms with Crippen LogP contribution in [0.2, 0.25) is 10.0 Å². The summed E-state index contributed by atoms with van der Waals surface area (Å²) in [6, 6.07) is 5.78. The number of Topliss-reactive ketones (excluding diaryl/α,β-unsaturated/α-hetero) is 1. The molecule has 1 unspecified atom stereocenters. The zero-order valence-corrected chi connectivity index (χ0v) is 20.9. The third-order valence-electron chi connectivity index (χ3n) is 5.61. The van der Waals surface area contributed by atoms with E-state index in [0.717, 1.165) is 17.0 Å². The molecular formula is C24H22Cl2F5NO4. The maximum Gasteiger partial charge on any atom is 0.421 e. The summed E-state index contributed by atoms with van der Waals surface area (Å²) in [6.45, 7) is 4.41. The average molecular weight is 554 g/mol. The van der Waals surface area contributed by atoms with Crippen molar-refractivity contribution in [3.05, 3.63) is 69.0 Å². The van der Waals surface area contributed by atoms with Crippen molar-refractivity contribution in [1.29, 1.82) is 0 Å². The van der Waals surface area contributed by atoms with Crippen LogP contribution in [0.4, 0.5) is 26.7 Å². The minimum absolute atomic E-state index is 0.113. The molecule has 2 aromatic rings. The van der Waals surface area contributed by atoms with Crippen LogP contribution in [0.25, 0.3) is 0 Å². The molecule has 1 aliphatic rings. The molecule has 0 spiro atoms. The van der Waals surface area contributed by atoms with E-state index in [1.165, 1.54) is 12.1 Å². The summed E-state index contributed by atoms with van der Waals surface area (Å²) >= 11 is 11.2. The van der Waals surface area contributed by atoms with E-state index in [-0.39, 0.29) is 24.2 Å². The molecule has 5 nitrogen and oxygen atoms in total. The number of carbonyl (C=O) groups is 2. The van der Waals surface area contributed by atoms with E-state index >= 15 is 4.39 Å². The molecular weight excluding hydrogens is 532 g/mol. The summed E-state index contributed by atoms with van der Waals surface area (Å²) in [4.78, 5) is 25.9. The fourth-order valence-corrected chi connectivity index (χ4v) is 4.13. The molecule has 1 aliphatic heterocycles. The van der Waals surface area contributed by atoms with Gasteiger partial charge in [0.2, 0.25) is 0 Å². The topological polar surface area (TPSA) is 66.8 Å². The largest absolute Gasteiger partial charge is 0.444 e. The van der Waals surface area contributed by atoms with Gasteiger partial charge in [-0.05, 0) is 44.0 Å². The van der Waals surface area contributed by atoms with E-state index in [1.54, 1.807) is 20.8 Å². The molecule has 1 atom stereocenters. The number of aliphatic hydroxyl groups is 1. The van der Waals surface area contributed by atoms with Crippen LogP contribution in [-0.4, -0.2) is 46.7 Å². The number of rotatable bonds is 5. The van der Waals surface area contributed by atoms with Crippen molar-refractivity contribution in [3.63, 3.8) is 0 Å². The van der Waals surface area contributed by atoms with Gasteiger partial charge in [0.05, 0.1) is 29.6 Å². The molecule has 0 aromatic heterocycles. The summed E-state index contributed by atoms with van der Waals surface area (Å²) in [5.74, 6) is -2.29. The number of benzene rings is 2. The number of hydrogen-bond donors (Lipinski definition) is 1. The minimum atomic E-state index is -5.34. The number of ether oxygens (including phenoxy) is 1. The maximum absolute atomic E-state index is 15.2. The normalized spacial score (nSPS) is 17.2. The van der Waals surface area contributed by atoms with Crippen LogP contribution in [0.5, 0.6) is 0 Å². The summed E-state index contributed by atoms with van der Waals surface area (Å²) < 4.78 is 75.6. The van der Waals surface area contributed by atoms with Crippen molar-refractivity contribution in [2.45, 2.75) is 50.2 Å². The Morgan fingerprint density at radius 2 is 1.56 bits per heavy atom. The Morgan fingerprint density at radius 1 is 1.06 bits per heavy atom. The number of alkyl halides is 4. The molecule has 1 saturated heterocycles. The number of ketones is 1. The van der Waals surface area contributed by atoms with Crippen LogP contribution in [0.1, 0.15) is 48.7 Å². The average Bonchev–Trinajstić information content (AvgIpc) is 2.72. The van der Waals surface area contributed by atoms with Crippen molar-refractivity contribution in [2.24, 2.45) is 0 Å². The number of carbonyl (C=O) groups excluding carboxylic acids is 2. The molecule has 1 heterocycles. The molecule has 0 bridgehead atoms. The maximum atomic E-state index is 15.2. The lowest BCUT2D eigenvalue weighted by Gasteiger charge is -2.44.